The Bertz CT molecular complexity index is 1380. The van der Waals surface area contributed by atoms with Gasteiger partial charge in [-0.2, -0.15) is 0 Å². The minimum Gasteiger partial charge on any atom is -0.493 e. The molecule has 2 aliphatic rings. The second-order valence-electron chi connectivity index (χ2n) is 10.1. The molecule has 10 heteroatoms. The largest absolute Gasteiger partial charge is 0.493 e. The molecule has 3 aromatic rings. The zero-order valence-electron chi connectivity index (χ0n) is 23.5. The van der Waals surface area contributed by atoms with Crippen LogP contribution in [0.3, 0.4) is 0 Å². The van der Waals surface area contributed by atoms with Gasteiger partial charge in [-0.15, -0.1) is 0 Å². The number of nitrogens with zero attached hydrogens (tertiary/aromatic N) is 1. The van der Waals surface area contributed by atoms with Gasteiger partial charge in [0, 0.05) is 33.8 Å². The van der Waals surface area contributed by atoms with E-state index < -0.39 is 17.5 Å². The maximum atomic E-state index is 13.9. The van der Waals surface area contributed by atoms with Crippen molar-refractivity contribution >= 4 is 56.0 Å². The highest BCUT2D eigenvalue weighted by molar-refractivity contribution is 9.10. The molecule has 1 spiro atoms. The first-order valence-corrected chi connectivity index (χ1v) is 15.3. The minimum atomic E-state index is -0.783. The number of nitrogens with two attached hydrogens (primary N) is 1. The maximum Gasteiger partial charge on any atom is 0.251 e. The van der Waals surface area contributed by atoms with Gasteiger partial charge in [0.1, 0.15) is 17.4 Å². The third-order valence-corrected chi connectivity index (χ3v) is 8.95. The van der Waals surface area contributed by atoms with E-state index >= 15 is 0 Å². The number of piperidine rings is 1. The second kappa shape index (κ2) is 15.4. The van der Waals surface area contributed by atoms with Gasteiger partial charge >= 0.3 is 0 Å². The van der Waals surface area contributed by atoms with E-state index in [9.17, 15) is 23.2 Å². The van der Waals surface area contributed by atoms with Gasteiger partial charge in [-0.05, 0) is 105 Å². The van der Waals surface area contributed by atoms with E-state index in [0.717, 1.165) is 55.2 Å². The van der Waals surface area contributed by atoms with E-state index in [1.807, 2.05) is 32.0 Å². The molecule has 6 nitrogen and oxygen atoms in total. The molecule has 0 radical (unpaired) electrons. The molecule has 5 rings (SSSR count). The van der Waals surface area contributed by atoms with Crippen LogP contribution in [0.5, 0.6) is 5.75 Å². The quantitative estimate of drug-likeness (QED) is 0.252. The van der Waals surface area contributed by atoms with Crippen LogP contribution < -0.4 is 15.4 Å². The van der Waals surface area contributed by atoms with E-state index in [-0.39, 0.29) is 11.1 Å². The molecule has 0 atom stereocenters. The van der Waals surface area contributed by atoms with Crippen molar-refractivity contribution in [3.05, 3.63) is 91.9 Å². The molecule has 1 amide bonds. The van der Waals surface area contributed by atoms with Gasteiger partial charge in [-0.3, -0.25) is 14.4 Å². The lowest BCUT2D eigenvalue weighted by molar-refractivity contribution is 0.00279. The Morgan fingerprint density at radius 1 is 0.952 bits per heavy atom. The topological polar surface area (TPSA) is 89.7 Å². The Morgan fingerprint density at radius 3 is 2.07 bits per heavy atom. The number of carbonyl (C=O) groups is 3. The van der Waals surface area contributed by atoms with Crippen molar-refractivity contribution in [3.8, 4) is 5.75 Å². The van der Waals surface area contributed by atoms with Gasteiger partial charge < -0.3 is 15.4 Å². The van der Waals surface area contributed by atoms with Crippen LogP contribution in [0.4, 0.5) is 14.5 Å². The van der Waals surface area contributed by atoms with Crippen molar-refractivity contribution in [2.75, 3.05) is 24.6 Å². The zero-order valence-corrected chi connectivity index (χ0v) is 26.7. The van der Waals surface area contributed by atoms with Crippen LogP contribution in [-0.2, 0) is 0 Å². The summed E-state index contributed by atoms with van der Waals surface area (Å²) in [5.74, 6) is -1.06. The van der Waals surface area contributed by atoms with Crippen molar-refractivity contribution in [3.63, 3.8) is 0 Å². The van der Waals surface area contributed by atoms with Crippen molar-refractivity contribution < 1.29 is 27.9 Å². The lowest BCUT2D eigenvalue weighted by Gasteiger charge is -2.52. The zero-order chi connectivity index (χ0) is 30.9. The summed E-state index contributed by atoms with van der Waals surface area (Å²) in [7, 11) is 0. The number of amides is 1. The van der Waals surface area contributed by atoms with Crippen LogP contribution >= 0.6 is 31.9 Å². The van der Waals surface area contributed by atoms with E-state index in [1.54, 1.807) is 12.1 Å². The molecule has 3 aromatic carbocycles. The van der Waals surface area contributed by atoms with Gasteiger partial charge in [0.25, 0.3) is 5.91 Å². The number of aldehydes is 2. The Labute approximate surface area is 261 Å². The lowest BCUT2D eigenvalue weighted by atomic mass is 9.58. The van der Waals surface area contributed by atoms with E-state index in [0.29, 0.717) is 40.0 Å². The number of rotatable bonds is 7. The summed E-state index contributed by atoms with van der Waals surface area (Å²) >= 11 is 6.50. The summed E-state index contributed by atoms with van der Waals surface area (Å²) in [6.45, 7) is 6.41. The fraction of sp³-hybridized carbons (Fsp3) is 0.344. The van der Waals surface area contributed by atoms with Crippen molar-refractivity contribution in [1.82, 2.24) is 0 Å². The molecule has 1 saturated heterocycles. The normalized spacial score (nSPS) is 15.3. The van der Waals surface area contributed by atoms with Crippen molar-refractivity contribution in [2.45, 2.75) is 39.5 Å². The van der Waals surface area contributed by atoms with Crippen LogP contribution in [-0.4, -0.2) is 38.2 Å². The molecule has 224 valence electrons. The highest BCUT2D eigenvalue weighted by atomic mass is 79.9. The summed E-state index contributed by atoms with van der Waals surface area (Å²) in [4.78, 5) is 35.1. The number of ether oxygens (including phenoxy) is 1. The van der Waals surface area contributed by atoms with Crippen LogP contribution in [0, 0.1) is 23.0 Å². The summed E-state index contributed by atoms with van der Waals surface area (Å²) < 4.78 is 33.5. The molecule has 2 fully saturated rings. The molecule has 1 saturated carbocycles. The first kappa shape index (κ1) is 33.4. The Hall–Kier alpha value is -3.11. The number of benzene rings is 3. The number of hydrogen-bond acceptors (Lipinski definition) is 5. The molecule has 0 unspecified atom stereocenters. The van der Waals surface area contributed by atoms with Gasteiger partial charge in [-0.25, -0.2) is 8.78 Å². The van der Waals surface area contributed by atoms with E-state index in [1.165, 1.54) is 24.3 Å². The first-order valence-electron chi connectivity index (χ1n) is 13.8. The number of primary amides is 1. The average Bonchev–Trinajstić information content (AvgIpc) is 2.96. The SMILES string of the molecule is CC.NC(=O)c1ccc(OCC2CC3(CCN(c4cccc(Br)c4C=O)CC3)C2)cc1F.O=Cc1c(F)cccc1Br. The van der Waals surface area contributed by atoms with Gasteiger partial charge in [-0.1, -0.05) is 26.0 Å². The van der Waals surface area contributed by atoms with Gasteiger partial charge in [0.2, 0.25) is 0 Å². The highest BCUT2D eigenvalue weighted by Crippen LogP contribution is 2.53. The summed E-state index contributed by atoms with van der Waals surface area (Å²) in [5, 5.41) is 0. The average molecular weight is 708 g/mol. The highest BCUT2D eigenvalue weighted by Gasteiger charge is 2.46. The Kier molecular flexibility index (Phi) is 12.2. The van der Waals surface area contributed by atoms with Crippen LogP contribution in [0.1, 0.15) is 70.6 Å². The number of carbonyl (C=O) groups excluding carboxylic acids is 3. The molecule has 42 heavy (non-hydrogen) atoms. The smallest absolute Gasteiger partial charge is 0.251 e. The second-order valence-corrected chi connectivity index (χ2v) is 11.8. The number of hydrogen-bond donors (Lipinski definition) is 1. The van der Waals surface area contributed by atoms with E-state index in [2.05, 4.69) is 36.8 Å². The Morgan fingerprint density at radius 2 is 1.55 bits per heavy atom. The predicted octanol–water partition coefficient (Wildman–Crippen LogP) is 8.00. The Balaban J connectivity index is 0.000000340. The van der Waals surface area contributed by atoms with Crippen LogP contribution in [0.2, 0.25) is 0 Å². The lowest BCUT2D eigenvalue weighted by Crippen LogP contribution is -2.48. The third-order valence-electron chi connectivity index (χ3n) is 7.57. The summed E-state index contributed by atoms with van der Waals surface area (Å²) in [6, 6.07) is 14.4. The van der Waals surface area contributed by atoms with Crippen molar-refractivity contribution in [2.24, 2.45) is 17.1 Å². The predicted molar refractivity (Wildman–Crippen MR) is 167 cm³/mol. The molecule has 1 aliphatic heterocycles. The summed E-state index contributed by atoms with van der Waals surface area (Å²) in [6.07, 6.45) is 5.79. The first-order chi connectivity index (χ1) is 20.2. The third kappa shape index (κ3) is 8.04. The number of halogens is 4. The minimum absolute atomic E-state index is 0.0718. The molecular weight excluding hydrogens is 674 g/mol. The van der Waals surface area contributed by atoms with Crippen molar-refractivity contribution in [1.29, 1.82) is 0 Å². The fourth-order valence-electron chi connectivity index (χ4n) is 5.45. The molecule has 0 aromatic heterocycles. The molecule has 1 aliphatic carbocycles. The molecule has 1 heterocycles. The van der Waals surface area contributed by atoms with Gasteiger partial charge in [0.15, 0.2) is 12.6 Å². The van der Waals surface area contributed by atoms with Crippen LogP contribution in [0.25, 0.3) is 0 Å². The number of anilines is 1. The monoisotopic (exact) mass is 706 g/mol. The standard InChI is InChI=1S/C23H24BrFN2O3.C7H4BrFO.C2H6/c24-19-2-1-3-21(18(19)13-28)27-8-6-23(7-9-27)11-15(12-23)14-30-16-4-5-17(22(26)29)20(25)10-16;8-6-2-1-3-7(9)5(6)4-10;1-2/h1-5,10,13,15H,6-9,11-12,14H2,(H2,26,29);1-4H;1-2H3. The molecule has 2 N–H and O–H groups in total. The van der Waals surface area contributed by atoms with Crippen LogP contribution in [0.15, 0.2) is 63.5 Å². The van der Waals surface area contributed by atoms with Gasteiger partial charge in [0.05, 0.1) is 23.3 Å². The molecule has 0 bridgehead atoms. The summed E-state index contributed by atoms with van der Waals surface area (Å²) in [5.41, 5.74) is 7.12. The van der Waals surface area contributed by atoms with E-state index in [4.69, 9.17) is 10.5 Å². The maximum absolute atomic E-state index is 13.9. The molecular formula is C32H34Br2F2N2O4. The fourth-order valence-corrected chi connectivity index (χ4v) is 6.34.